The maximum absolute atomic E-state index is 11.8. The smallest absolute Gasteiger partial charge is 0.276 e. The van der Waals surface area contributed by atoms with Crippen LogP contribution in [0.4, 0.5) is 0 Å². The number of carbonyl (C=O) groups excluding carboxylic acids is 2. The van der Waals surface area contributed by atoms with Crippen molar-refractivity contribution in [3.05, 3.63) is 54.9 Å². The molecule has 2 rings (SSSR count). The summed E-state index contributed by atoms with van der Waals surface area (Å²) in [6.45, 7) is -0.0761. The van der Waals surface area contributed by atoms with Crippen LogP contribution in [0.5, 0.6) is 11.5 Å². The molecule has 0 saturated carbocycles. The Morgan fingerprint density at radius 1 is 0.897 bits per heavy atom. The van der Waals surface area contributed by atoms with Crippen LogP contribution in [0.2, 0.25) is 20.1 Å². The minimum Gasteiger partial charge on any atom is -0.492 e. The molecule has 0 aromatic heterocycles. The molecule has 2 aromatic carbocycles. The standard InChI is InChI=1S/C18H15BrCl4N2O4/c19-12-6-11(21)8-14(23)18(12)29-9-17(27)25-24-16(26)2-1-5-28-15-4-3-10(20)7-13(15)22/h3-4,6-8H,1-2,5,9H2,(H,24,26)(H,25,27). The largest absolute Gasteiger partial charge is 0.492 e. The fourth-order valence-electron chi connectivity index (χ4n) is 2.05. The number of hydrogen-bond donors (Lipinski definition) is 2. The van der Waals surface area contributed by atoms with Crippen molar-refractivity contribution in [3.63, 3.8) is 0 Å². The van der Waals surface area contributed by atoms with Gasteiger partial charge >= 0.3 is 0 Å². The third-order valence-corrected chi connectivity index (χ3v) is 4.97. The van der Waals surface area contributed by atoms with E-state index in [-0.39, 0.29) is 36.3 Å². The lowest BCUT2D eigenvalue weighted by molar-refractivity contribution is -0.130. The van der Waals surface area contributed by atoms with Crippen LogP contribution in [0.1, 0.15) is 12.8 Å². The Labute approximate surface area is 195 Å². The number of carbonyl (C=O) groups is 2. The third-order valence-electron chi connectivity index (χ3n) is 3.35. The summed E-state index contributed by atoms with van der Waals surface area (Å²) in [4.78, 5) is 23.6. The van der Waals surface area contributed by atoms with Gasteiger partial charge in [-0.15, -0.1) is 0 Å². The average molecular weight is 545 g/mol. The van der Waals surface area contributed by atoms with Gasteiger partial charge in [0, 0.05) is 16.5 Å². The second kappa shape index (κ2) is 11.7. The number of halogens is 5. The molecule has 0 heterocycles. The number of amides is 2. The normalized spacial score (nSPS) is 10.4. The van der Waals surface area contributed by atoms with Crippen molar-refractivity contribution < 1.29 is 19.1 Å². The Balaban J connectivity index is 1.65. The topological polar surface area (TPSA) is 76.7 Å². The molecule has 0 atom stereocenters. The van der Waals surface area contributed by atoms with Gasteiger partial charge < -0.3 is 9.47 Å². The monoisotopic (exact) mass is 542 g/mol. The molecule has 29 heavy (non-hydrogen) atoms. The van der Waals surface area contributed by atoms with E-state index in [1.165, 1.54) is 6.07 Å². The second-order valence-electron chi connectivity index (χ2n) is 5.61. The zero-order valence-corrected chi connectivity index (χ0v) is 19.3. The Bertz CT molecular complexity index is 875. The van der Waals surface area contributed by atoms with Gasteiger partial charge in [0.15, 0.2) is 12.4 Å². The fraction of sp³-hybridized carbons (Fsp3) is 0.222. The van der Waals surface area contributed by atoms with E-state index in [1.54, 1.807) is 24.3 Å². The van der Waals surface area contributed by atoms with Crippen molar-refractivity contribution in [2.24, 2.45) is 0 Å². The molecule has 2 amide bonds. The summed E-state index contributed by atoms with van der Waals surface area (Å²) in [5, 5.41) is 1.57. The zero-order valence-electron chi connectivity index (χ0n) is 14.7. The van der Waals surface area contributed by atoms with Gasteiger partial charge in [0.25, 0.3) is 5.91 Å². The van der Waals surface area contributed by atoms with Gasteiger partial charge in [-0.05, 0) is 52.7 Å². The minimum atomic E-state index is -0.555. The summed E-state index contributed by atoms with van der Waals surface area (Å²) in [5.74, 6) is -0.181. The highest BCUT2D eigenvalue weighted by Crippen LogP contribution is 2.36. The Morgan fingerprint density at radius 3 is 2.28 bits per heavy atom. The maximum atomic E-state index is 11.8. The molecular formula is C18H15BrCl4N2O4. The maximum Gasteiger partial charge on any atom is 0.276 e. The molecule has 2 aromatic rings. The lowest BCUT2D eigenvalue weighted by Gasteiger charge is -2.11. The van der Waals surface area contributed by atoms with Crippen LogP contribution >= 0.6 is 62.3 Å². The Morgan fingerprint density at radius 2 is 1.59 bits per heavy atom. The highest BCUT2D eigenvalue weighted by molar-refractivity contribution is 9.10. The van der Waals surface area contributed by atoms with Gasteiger partial charge in [-0.25, -0.2) is 0 Å². The van der Waals surface area contributed by atoms with Crippen molar-refractivity contribution in [3.8, 4) is 11.5 Å². The van der Waals surface area contributed by atoms with E-state index in [0.29, 0.717) is 31.7 Å². The third kappa shape index (κ3) is 8.10. The number of benzene rings is 2. The van der Waals surface area contributed by atoms with Crippen LogP contribution in [-0.4, -0.2) is 25.0 Å². The first kappa shape index (κ1) is 23.9. The van der Waals surface area contributed by atoms with Gasteiger partial charge in [0.1, 0.15) is 5.75 Å². The van der Waals surface area contributed by atoms with Crippen molar-refractivity contribution >= 4 is 74.1 Å². The van der Waals surface area contributed by atoms with Gasteiger partial charge in [-0.3, -0.25) is 20.4 Å². The minimum absolute atomic E-state index is 0.140. The van der Waals surface area contributed by atoms with Crippen LogP contribution < -0.4 is 20.3 Å². The average Bonchev–Trinajstić information content (AvgIpc) is 2.64. The predicted molar refractivity (Wildman–Crippen MR) is 117 cm³/mol. The molecule has 0 aliphatic heterocycles. The van der Waals surface area contributed by atoms with Crippen molar-refractivity contribution in [1.29, 1.82) is 0 Å². The molecule has 0 bridgehead atoms. The molecule has 0 aliphatic rings. The van der Waals surface area contributed by atoms with E-state index in [1.807, 2.05) is 0 Å². The van der Waals surface area contributed by atoms with E-state index in [4.69, 9.17) is 55.9 Å². The molecule has 0 spiro atoms. The number of rotatable bonds is 8. The lowest BCUT2D eigenvalue weighted by atomic mass is 10.3. The molecule has 6 nitrogen and oxygen atoms in total. The molecule has 0 radical (unpaired) electrons. The second-order valence-corrected chi connectivity index (χ2v) is 8.15. The van der Waals surface area contributed by atoms with Crippen molar-refractivity contribution in [2.75, 3.05) is 13.2 Å². The number of hydrazine groups is 1. The molecule has 156 valence electrons. The van der Waals surface area contributed by atoms with Gasteiger partial charge in [-0.1, -0.05) is 46.4 Å². The van der Waals surface area contributed by atoms with E-state index in [9.17, 15) is 9.59 Å². The molecule has 11 heteroatoms. The number of hydrogen-bond acceptors (Lipinski definition) is 4. The van der Waals surface area contributed by atoms with E-state index >= 15 is 0 Å². The molecule has 0 saturated heterocycles. The van der Waals surface area contributed by atoms with Gasteiger partial charge in [0.05, 0.1) is 21.1 Å². The first-order valence-corrected chi connectivity index (χ1v) is 10.5. The van der Waals surface area contributed by atoms with Gasteiger partial charge in [-0.2, -0.15) is 0 Å². The summed E-state index contributed by atoms with van der Waals surface area (Å²) in [7, 11) is 0. The van der Waals surface area contributed by atoms with E-state index < -0.39 is 5.91 Å². The number of ether oxygens (including phenoxy) is 2. The summed E-state index contributed by atoms with van der Waals surface area (Å²) in [6.07, 6.45) is 0.561. The van der Waals surface area contributed by atoms with E-state index in [2.05, 4.69) is 26.8 Å². The lowest BCUT2D eigenvalue weighted by Crippen LogP contribution is -2.43. The summed E-state index contributed by atoms with van der Waals surface area (Å²) < 4.78 is 11.3. The van der Waals surface area contributed by atoms with Crippen LogP contribution in [0.3, 0.4) is 0 Å². The van der Waals surface area contributed by atoms with Crippen molar-refractivity contribution in [2.45, 2.75) is 12.8 Å². The zero-order chi connectivity index (χ0) is 21.4. The SMILES string of the molecule is O=C(CCCOc1ccc(Cl)cc1Cl)NNC(=O)COc1c(Cl)cc(Cl)cc1Br. The van der Waals surface area contributed by atoms with Crippen molar-refractivity contribution in [1.82, 2.24) is 10.9 Å². The summed E-state index contributed by atoms with van der Waals surface area (Å²) in [5.41, 5.74) is 4.54. The van der Waals surface area contributed by atoms with Gasteiger partial charge in [0.2, 0.25) is 5.91 Å². The van der Waals surface area contributed by atoms with E-state index in [0.717, 1.165) is 0 Å². The quantitative estimate of drug-likeness (QED) is 0.342. The first-order chi connectivity index (χ1) is 13.8. The Hall–Kier alpha value is -1.38. The van der Waals surface area contributed by atoms with Crippen LogP contribution in [0.25, 0.3) is 0 Å². The number of nitrogens with one attached hydrogen (secondary N) is 2. The Kier molecular flexibility index (Phi) is 9.65. The highest BCUT2D eigenvalue weighted by atomic mass is 79.9. The van der Waals surface area contributed by atoms with Crippen LogP contribution in [0.15, 0.2) is 34.8 Å². The molecule has 0 aliphatic carbocycles. The molecule has 2 N–H and O–H groups in total. The first-order valence-electron chi connectivity index (χ1n) is 8.19. The summed E-state index contributed by atoms with van der Waals surface area (Å²) >= 11 is 26.9. The summed E-state index contributed by atoms with van der Waals surface area (Å²) in [6, 6.07) is 7.95. The van der Waals surface area contributed by atoms with Crippen LogP contribution in [-0.2, 0) is 9.59 Å². The molecule has 0 unspecified atom stereocenters. The molecular weight excluding hydrogens is 530 g/mol. The predicted octanol–water partition coefficient (Wildman–Crippen LogP) is 5.45. The fourth-order valence-corrected chi connectivity index (χ4v) is 3.88. The molecule has 0 fully saturated rings. The highest BCUT2D eigenvalue weighted by Gasteiger charge is 2.12. The van der Waals surface area contributed by atoms with Crippen LogP contribution in [0, 0.1) is 0 Å².